The first-order valence-electron chi connectivity index (χ1n) is 8.18. The molecule has 1 spiro atoms. The van der Waals surface area contributed by atoms with Crippen molar-refractivity contribution in [3.63, 3.8) is 0 Å². The fourth-order valence-corrected chi connectivity index (χ4v) is 3.65. The third-order valence-corrected chi connectivity index (χ3v) is 4.74. The minimum atomic E-state index is -0.570. The molecule has 1 aliphatic heterocycles. The number of nitrogens with zero attached hydrogens (tertiary/aromatic N) is 3. The molecule has 0 radical (unpaired) electrons. The summed E-state index contributed by atoms with van der Waals surface area (Å²) in [4.78, 5) is 22.2. The van der Waals surface area contributed by atoms with Gasteiger partial charge in [-0.3, -0.25) is 4.79 Å². The van der Waals surface area contributed by atoms with Crippen molar-refractivity contribution in [1.82, 2.24) is 15.1 Å². The van der Waals surface area contributed by atoms with Crippen molar-refractivity contribution in [2.45, 2.75) is 63.1 Å². The molecule has 1 atom stereocenters. The standard InChI is InChI=1S/C15H22N4O4/c20-14(11-18-8-4-13(17-18)19(21)22)16-12-5-9-23-15(10-12)6-2-1-3-7-15/h4,8,12H,1-3,5-7,9-11H2,(H,16,20). The Hall–Kier alpha value is -1.96. The minimum absolute atomic E-state index is 0.00179. The number of carbonyl (C=O) groups is 1. The Bertz CT molecular complexity index is 574. The highest BCUT2D eigenvalue weighted by Gasteiger charge is 2.38. The zero-order chi connectivity index (χ0) is 16.3. The number of nitrogens with one attached hydrogen (secondary N) is 1. The number of ether oxygens (including phenoxy) is 1. The summed E-state index contributed by atoms with van der Waals surface area (Å²) in [7, 11) is 0. The van der Waals surface area contributed by atoms with E-state index in [4.69, 9.17) is 4.74 Å². The summed E-state index contributed by atoms with van der Waals surface area (Å²) in [6.07, 6.45) is 8.92. The Balaban J connectivity index is 1.53. The zero-order valence-corrected chi connectivity index (χ0v) is 13.1. The molecule has 8 nitrogen and oxygen atoms in total. The van der Waals surface area contributed by atoms with Gasteiger partial charge >= 0.3 is 5.82 Å². The van der Waals surface area contributed by atoms with Crippen molar-refractivity contribution < 1.29 is 14.5 Å². The lowest BCUT2D eigenvalue weighted by Crippen LogP contribution is -2.50. The molecular weight excluding hydrogens is 300 g/mol. The zero-order valence-electron chi connectivity index (χ0n) is 13.1. The van der Waals surface area contributed by atoms with Gasteiger partial charge in [-0.15, -0.1) is 0 Å². The van der Waals surface area contributed by atoms with Crippen molar-refractivity contribution >= 4 is 11.7 Å². The Labute approximate surface area is 134 Å². The molecule has 1 saturated heterocycles. The van der Waals surface area contributed by atoms with Crippen LogP contribution in [0.4, 0.5) is 5.82 Å². The SMILES string of the molecule is O=C(Cn1ccc([N+](=O)[O-])n1)NC1CCOC2(CCCCC2)C1. The van der Waals surface area contributed by atoms with Crippen molar-refractivity contribution in [3.05, 3.63) is 22.4 Å². The third-order valence-electron chi connectivity index (χ3n) is 4.74. The second-order valence-corrected chi connectivity index (χ2v) is 6.48. The van der Waals surface area contributed by atoms with E-state index < -0.39 is 4.92 Å². The predicted molar refractivity (Wildman–Crippen MR) is 81.8 cm³/mol. The Morgan fingerprint density at radius 3 is 2.96 bits per heavy atom. The van der Waals surface area contributed by atoms with Crippen LogP contribution in [-0.4, -0.2) is 38.9 Å². The van der Waals surface area contributed by atoms with Gasteiger partial charge in [0, 0.05) is 12.6 Å². The highest BCUT2D eigenvalue weighted by Crippen LogP contribution is 2.38. The molecule has 1 unspecified atom stereocenters. The van der Waals surface area contributed by atoms with Gasteiger partial charge in [0.05, 0.1) is 23.0 Å². The first kappa shape index (κ1) is 15.9. The van der Waals surface area contributed by atoms with Crippen LogP contribution in [0, 0.1) is 10.1 Å². The quantitative estimate of drug-likeness (QED) is 0.673. The molecule has 1 aliphatic carbocycles. The van der Waals surface area contributed by atoms with Gasteiger partial charge in [0.15, 0.2) is 0 Å². The molecule has 0 aromatic carbocycles. The van der Waals surface area contributed by atoms with Gasteiger partial charge in [0.25, 0.3) is 0 Å². The first-order chi connectivity index (χ1) is 11.1. The van der Waals surface area contributed by atoms with Gasteiger partial charge < -0.3 is 20.2 Å². The molecule has 3 rings (SSSR count). The van der Waals surface area contributed by atoms with Crippen molar-refractivity contribution in [2.24, 2.45) is 0 Å². The van der Waals surface area contributed by atoms with Gasteiger partial charge in [0.2, 0.25) is 5.91 Å². The van der Waals surface area contributed by atoms with E-state index in [0.29, 0.717) is 6.61 Å². The van der Waals surface area contributed by atoms with Crippen molar-refractivity contribution in [1.29, 1.82) is 0 Å². The Morgan fingerprint density at radius 2 is 2.26 bits per heavy atom. The van der Waals surface area contributed by atoms with E-state index in [1.54, 1.807) is 0 Å². The van der Waals surface area contributed by atoms with Crippen LogP contribution in [0.3, 0.4) is 0 Å². The molecule has 2 fully saturated rings. The molecule has 1 amide bonds. The monoisotopic (exact) mass is 322 g/mol. The van der Waals surface area contributed by atoms with Crippen LogP contribution in [-0.2, 0) is 16.1 Å². The summed E-state index contributed by atoms with van der Waals surface area (Å²) in [6, 6.07) is 1.40. The van der Waals surface area contributed by atoms with E-state index >= 15 is 0 Å². The number of rotatable bonds is 4. The van der Waals surface area contributed by atoms with Crippen LogP contribution in [0.5, 0.6) is 0 Å². The molecule has 1 N–H and O–H groups in total. The van der Waals surface area contributed by atoms with Crippen LogP contribution in [0.15, 0.2) is 12.3 Å². The lowest BCUT2D eigenvalue weighted by atomic mass is 9.78. The molecule has 2 aliphatic rings. The Kier molecular flexibility index (Phi) is 4.61. The minimum Gasteiger partial charge on any atom is -0.375 e. The molecule has 23 heavy (non-hydrogen) atoms. The second kappa shape index (κ2) is 6.66. The molecular formula is C15H22N4O4. The summed E-state index contributed by atoms with van der Waals surface area (Å²) in [6.45, 7) is 0.677. The van der Waals surface area contributed by atoms with Gasteiger partial charge in [-0.05, 0) is 30.6 Å². The summed E-state index contributed by atoms with van der Waals surface area (Å²) in [5.41, 5.74) is -0.0566. The van der Waals surface area contributed by atoms with Gasteiger partial charge in [-0.1, -0.05) is 19.3 Å². The highest BCUT2D eigenvalue weighted by molar-refractivity contribution is 5.76. The maximum Gasteiger partial charge on any atom is 0.389 e. The lowest BCUT2D eigenvalue weighted by molar-refractivity contribution is -0.389. The molecule has 126 valence electrons. The van der Waals surface area contributed by atoms with E-state index in [9.17, 15) is 14.9 Å². The largest absolute Gasteiger partial charge is 0.389 e. The van der Waals surface area contributed by atoms with Crippen molar-refractivity contribution in [2.75, 3.05) is 6.61 Å². The number of carbonyl (C=O) groups excluding carboxylic acids is 1. The van der Waals surface area contributed by atoms with Crippen LogP contribution < -0.4 is 5.32 Å². The van der Waals surface area contributed by atoms with Gasteiger partial charge in [0.1, 0.15) is 6.54 Å². The lowest BCUT2D eigenvalue weighted by Gasteiger charge is -2.43. The van der Waals surface area contributed by atoms with Crippen LogP contribution in [0.1, 0.15) is 44.9 Å². The van der Waals surface area contributed by atoms with Gasteiger partial charge in [-0.2, -0.15) is 4.68 Å². The van der Waals surface area contributed by atoms with E-state index in [0.717, 1.165) is 25.7 Å². The van der Waals surface area contributed by atoms with E-state index in [-0.39, 0.29) is 29.9 Å². The van der Waals surface area contributed by atoms with E-state index in [1.165, 1.54) is 36.2 Å². The molecule has 1 saturated carbocycles. The molecule has 2 heterocycles. The average Bonchev–Trinajstić information content (AvgIpc) is 2.96. The Morgan fingerprint density at radius 1 is 1.48 bits per heavy atom. The molecule has 1 aromatic heterocycles. The predicted octanol–water partition coefficient (Wildman–Crippen LogP) is 1.79. The smallest absolute Gasteiger partial charge is 0.375 e. The van der Waals surface area contributed by atoms with Crippen molar-refractivity contribution in [3.8, 4) is 0 Å². The van der Waals surface area contributed by atoms with Crippen LogP contribution in [0.2, 0.25) is 0 Å². The topological polar surface area (TPSA) is 99.3 Å². The average molecular weight is 322 g/mol. The molecule has 8 heteroatoms. The number of aromatic nitrogens is 2. The van der Waals surface area contributed by atoms with Crippen LogP contribution >= 0.6 is 0 Å². The summed E-state index contributed by atoms with van der Waals surface area (Å²) >= 11 is 0. The van der Waals surface area contributed by atoms with Crippen LogP contribution in [0.25, 0.3) is 0 Å². The summed E-state index contributed by atoms with van der Waals surface area (Å²) < 4.78 is 7.32. The fraction of sp³-hybridized carbons (Fsp3) is 0.733. The third kappa shape index (κ3) is 3.87. The normalized spacial score (nSPS) is 23.6. The van der Waals surface area contributed by atoms with E-state index in [1.807, 2.05) is 0 Å². The van der Waals surface area contributed by atoms with E-state index in [2.05, 4.69) is 10.4 Å². The summed E-state index contributed by atoms with van der Waals surface area (Å²) in [5, 5.41) is 17.4. The number of hydrogen-bond acceptors (Lipinski definition) is 5. The maximum absolute atomic E-state index is 12.1. The number of amides is 1. The maximum atomic E-state index is 12.1. The number of hydrogen-bond donors (Lipinski definition) is 1. The fourth-order valence-electron chi connectivity index (χ4n) is 3.65. The summed E-state index contributed by atoms with van der Waals surface area (Å²) in [5.74, 6) is -0.411. The number of nitro groups is 1. The van der Waals surface area contributed by atoms with Gasteiger partial charge in [-0.25, -0.2) is 0 Å². The first-order valence-corrected chi connectivity index (χ1v) is 8.18. The molecule has 1 aromatic rings. The highest BCUT2D eigenvalue weighted by atomic mass is 16.6. The molecule has 0 bridgehead atoms. The second-order valence-electron chi connectivity index (χ2n) is 6.48.